The van der Waals surface area contributed by atoms with Gasteiger partial charge in [-0.1, -0.05) is 23.2 Å². The predicted molar refractivity (Wildman–Crippen MR) is 86.9 cm³/mol. The first-order valence-corrected chi connectivity index (χ1v) is 8.28. The van der Waals surface area contributed by atoms with Crippen LogP contribution in [0.4, 0.5) is 11.4 Å². The van der Waals surface area contributed by atoms with Crippen molar-refractivity contribution in [2.75, 3.05) is 11.8 Å². The molecule has 0 radical (unpaired) electrons. The number of ether oxygens (including phenoxy) is 1. The molecule has 0 aliphatic carbocycles. The summed E-state index contributed by atoms with van der Waals surface area (Å²) in [6, 6.07) is 7.52. The number of halogens is 2. The van der Waals surface area contributed by atoms with Gasteiger partial charge >= 0.3 is 0 Å². The van der Waals surface area contributed by atoms with Crippen molar-refractivity contribution in [3.63, 3.8) is 0 Å². The number of nitro benzene ring substituents is 1. The first-order valence-electron chi connectivity index (χ1n) is 6.04. The molecule has 0 aliphatic heterocycles. The lowest BCUT2D eigenvalue weighted by Gasteiger charge is -2.10. The van der Waals surface area contributed by atoms with Crippen LogP contribution in [0.2, 0.25) is 10.0 Å². The number of methoxy groups -OCH3 is 1. The Labute approximate surface area is 142 Å². The van der Waals surface area contributed by atoms with Crippen LogP contribution in [0.1, 0.15) is 0 Å². The van der Waals surface area contributed by atoms with Crippen molar-refractivity contribution in [2.45, 2.75) is 4.90 Å². The van der Waals surface area contributed by atoms with Gasteiger partial charge in [0, 0.05) is 10.0 Å². The highest BCUT2D eigenvalue weighted by Gasteiger charge is 2.26. The lowest BCUT2D eigenvalue weighted by molar-refractivity contribution is -0.387. The van der Waals surface area contributed by atoms with E-state index in [4.69, 9.17) is 27.9 Å². The molecule has 0 aromatic heterocycles. The van der Waals surface area contributed by atoms with Crippen LogP contribution in [-0.2, 0) is 10.0 Å². The average molecular weight is 377 g/mol. The lowest BCUT2D eigenvalue weighted by Crippen LogP contribution is -2.14. The molecule has 2 aromatic carbocycles. The molecular formula is C13H10Cl2N2O5S. The number of rotatable bonds is 5. The molecule has 122 valence electrons. The van der Waals surface area contributed by atoms with E-state index in [1.54, 1.807) is 0 Å². The van der Waals surface area contributed by atoms with Crippen molar-refractivity contribution >= 4 is 44.6 Å². The SMILES string of the molecule is COc1ccc(S(=O)(=O)Nc2cc(Cl)cc(Cl)c2)c([N+](=O)[O-])c1. The van der Waals surface area contributed by atoms with Gasteiger partial charge in [-0.25, -0.2) is 8.42 Å². The molecule has 2 rings (SSSR count). The molecule has 0 saturated heterocycles. The molecule has 2 aromatic rings. The maximum Gasteiger partial charge on any atom is 0.293 e. The molecule has 0 unspecified atom stereocenters. The largest absolute Gasteiger partial charge is 0.497 e. The normalized spacial score (nSPS) is 11.1. The average Bonchev–Trinajstić information content (AvgIpc) is 2.44. The number of nitro groups is 1. The van der Waals surface area contributed by atoms with Crippen molar-refractivity contribution in [3.8, 4) is 5.75 Å². The van der Waals surface area contributed by atoms with E-state index in [9.17, 15) is 18.5 Å². The summed E-state index contributed by atoms with van der Waals surface area (Å²) in [5.74, 6) is 0.168. The van der Waals surface area contributed by atoms with Gasteiger partial charge < -0.3 is 4.74 Å². The van der Waals surface area contributed by atoms with E-state index < -0.39 is 25.5 Å². The third-order valence-corrected chi connectivity index (χ3v) is 4.63. The number of nitrogens with one attached hydrogen (secondary N) is 1. The summed E-state index contributed by atoms with van der Waals surface area (Å²) in [4.78, 5) is 9.81. The third-order valence-electron chi connectivity index (χ3n) is 2.77. The highest BCUT2D eigenvalue weighted by Crippen LogP contribution is 2.31. The van der Waals surface area contributed by atoms with E-state index >= 15 is 0 Å². The summed E-state index contributed by atoms with van der Waals surface area (Å²) in [5.41, 5.74) is -0.516. The quantitative estimate of drug-likeness (QED) is 0.633. The van der Waals surface area contributed by atoms with Crippen LogP contribution in [0.15, 0.2) is 41.3 Å². The first-order chi connectivity index (χ1) is 10.7. The standard InChI is InChI=1S/C13H10Cl2N2O5S/c1-22-11-2-3-13(12(7-11)17(18)19)23(20,21)16-10-5-8(14)4-9(15)6-10/h2-7,16H,1H3. The molecule has 10 heteroatoms. The van der Waals surface area contributed by atoms with Crippen LogP contribution in [0.5, 0.6) is 5.75 Å². The van der Waals surface area contributed by atoms with Gasteiger partial charge in [0.2, 0.25) is 0 Å². The molecule has 0 atom stereocenters. The van der Waals surface area contributed by atoms with E-state index in [0.717, 1.165) is 12.1 Å². The molecule has 23 heavy (non-hydrogen) atoms. The Bertz CT molecular complexity index is 850. The van der Waals surface area contributed by atoms with Crippen molar-refractivity contribution < 1.29 is 18.1 Å². The highest BCUT2D eigenvalue weighted by molar-refractivity contribution is 7.92. The number of hydrogen-bond donors (Lipinski definition) is 1. The molecule has 0 heterocycles. The van der Waals surface area contributed by atoms with Crippen LogP contribution < -0.4 is 9.46 Å². The van der Waals surface area contributed by atoms with Crippen LogP contribution in [0.3, 0.4) is 0 Å². The monoisotopic (exact) mass is 376 g/mol. The molecule has 0 fully saturated rings. The van der Waals surface area contributed by atoms with Crippen molar-refractivity contribution in [1.29, 1.82) is 0 Å². The Morgan fingerprint density at radius 2 is 1.74 bits per heavy atom. The van der Waals surface area contributed by atoms with Gasteiger partial charge in [0.05, 0.1) is 23.8 Å². The first kappa shape index (κ1) is 17.3. The minimum absolute atomic E-state index is 0.0904. The zero-order chi connectivity index (χ0) is 17.2. The van der Waals surface area contributed by atoms with Crippen LogP contribution in [-0.4, -0.2) is 20.5 Å². The van der Waals surface area contributed by atoms with Crippen molar-refractivity contribution in [2.24, 2.45) is 0 Å². The third kappa shape index (κ3) is 4.04. The maximum atomic E-state index is 12.4. The Hall–Kier alpha value is -2.03. The number of hydrogen-bond acceptors (Lipinski definition) is 5. The summed E-state index contributed by atoms with van der Waals surface area (Å²) in [5, 5.41) is 11.6. The fraction of sp³-hybridized carbons (Fsp3) is 0.0769. The minimum atomic E-state index is -4.21. The van der Waals surface area contributed by atoms with E-state index in [0.29, 0.717) is 0 Å². The smallest absolute Gasteiger partial charge is 0.293 e. The Morgan fingerprint density at radius 1 is 1.13 bits per heavy atom. The van der Waals surface area contributed by atoms with Gasteiger partial charge in [-0.15, -0.1) is 0 Å². The van der Waals surface area contributed by atoms with Crippen molar-refractivity contribution in [1.82, 2.24) is 0 Å². The molecule has 0 bridgehead atoms. The summed E-state index contributed by atoms with van der Waals surface area (Å²) < 4.78 is 31.9. The number of benzene rings is 2. The molecule has 0 saturated carbocycles. The van der Waals surface area contributed by atoms with Crippen molar-refractivity contribution in [3.05, 3.63) is 56.6 Å². The maximum absolute atomic E-state index is 12.4. The molecule has 7 nitrogen and oxygen atoms in total. The number of nitrogens with zero attached hydrogens (tertiary/aromatic N) is 1. The van der Waals surface area contributed by atoms with E-state index in [2.05, 4.69) is 4.72 Å². The van der Waals surface area contributed by atoms with Gasteiger partial charge in [0.15, 0.2) is 4.90 Å². The Kier molecular flexibility index (Phi) is 4.98. The van der Waals surface area contributed by atoms with Crippen LogP contribution in [0.25, 0.3) is 0 Å². The lowest BCUT2D eigenvalue weighted by atomic mass is 10.3. The van der Waals surface area contributed by atoms with Gasteiger partial charge in [-0.05, 0) is 30.3 Å². The molecule has 0 spiro atoms. The molecule has 0 amide bonds. The van der Waals surface area contributed by atoms with E-state index in [1.807, 2.05) is 0 Å². The zero-order valence-electron chi connectivity index (χ0n) is 11.6. The second-order valence-corrected chi connectivity index (χ2v) is 6.88. The Morgan fingerprint density at radius 3 is 2.26 bits per heavy atom. The molecule has 1 N–H and O–H groups in total. The predicted octanol–water partition coefficient (Wildman–Crippen LogP) is 3.71. The van der Waals surface area contributed by atoms with Gasteiger partial charge in [0.1, 0.15) is 5.75 Å². The van der Waals surface area contributed by atoms with E-state index in [-0.39, 0.29) is 21.5 Å². The molecular weight excluding hydrogens is 367 g/mol. The van der Waals surface area contributed by atoms with Gasteiger partial charge in [-0.2, -0.15) is 0 Å². The fourth-order valence-corrected chi connectivity index (χ4v) is 3.54. The summed E-state index contributed by atoms with van der Waals surface area (Å²) in [6.45, 7) is 0. The Balaban J connectivity index is 2.49. The zero-order valence-corrected chi connectivity index (χ0v) is 13.9. The highest BCUT2D eigenvalue weighted by atomic mass is 35.5. The summed E-state index contributed by atoms with van der Waals surface area (Å²) >= 11 is 11.6. The second kappa shape index (κ2) is 6.61. The van der Waals surface area contributed by atoms with Gasteiger partial charge in [-0.3, -0.25) is 14.8 Å². The van der Waals surface area contributed by atoms with Crippen LogP contribution >= 0.6 is 23.2 Å². The summed E-state index contributed by atoms with van der Waals surface area (Å²) in [7, 11) is -2.89. The van der Waals surface area contributed by atoms with Gasteiger partial charge in [0.25, 0.3) is 15.7 Å². The minimum Gasteiger partial charge on any atom is -0.497 e. The summed E-state index contributed by atoms with van der Waals surface area (Å²) in [6.07, 6.45) is 0. The number of anilines is 1. The van der Waals surface area contributed by atoms with Crippen LogP contribution in [0, 0.1) is 10.1 Å². The number of sulfonamides is 1. The van der Waals surface area contributed by atoms with E-state index in [1.165, 1.54) is 31.4 Å². The second-order valence-electron chi connectivity index (χ2n) is 4.35. The molecule has 0 aliphatic rings. The fourth-order valence-electron chi connectivity index (χ4n) is 1.82. The topological polar surface area (TPSA) is 98.5 Å².